The van der Waals surface area contributed by atoms with Gasteiger partial charge in [0.05, 0.1) is 6.54 Å². The molecule has 18 nitrogen and oxygen atoms in total. The lowest BCUT2D eigenvalue weighted by molar-refractivity contribution is -0.142. The molecule has 7 amide bonds. The van der Waals surface area contributed by atoms with Crippen LogP contribution in [0.1, 0.15) is 89.5 Å². The van der Waals surface area contributed by atoms with Gasteiger partial charge in [0, 0.05) is 50.1 Å². The summed E-state index contributed by atoms with van der Waals surface area (Å²) in [6, 6.07) is 2.46. The highest BCUT2D eigenvalue weighted by Crippen LogP contribution is 2.28. The number of para-hydroxylation sites is 1. The minimum atomic E-state index is -1.13. The Morgan fingerprint density at radius 2 is 1.57 bits per heavy atom. The Labute approximate surface area is 338 Å². The quantitative estimate of drug-likeness (QED) is 0.0819. The Balaban J connectivity index is 1.47. The summed E-state index contributed by atoms with van der Waals surface area (Å²) in [5.41, 5.74) is 12.7. The number of rotatable bonds is 11. The Morgan fingerprint density at radius 1 is 0.845 bits per heavy atom. The van der Waals surface area contributed by atoms with Gasteiger partial charge in [-0.25, -0.2) is 0 Å². The van der Waals surface area contributed by atoms with Crippen LogP contribution in [0.3, 0.4) is 0 Å². The van der Waals surface area contributed by atoms with E-state index in [-0.39, 0.29) is 63.7 Å². The lowest BCUT2D eigenvalue weighted by Gasteiger charge is -2.32. The number of nitrogens with two attached hydrogens (primary N) is 2. The summed E-state index contributed by atoms with van der Waals surface area (Å²) in [6.07, 6.45) is 8.87. The zero-order valence-corrected chi connectivity index (χ0v) is 33.3. The van der Waals surface area contributed by atoms with Crippen LogP contribution in [0.4, 0.5) is 0 Å². The van der Waals surface area contributed by atoms with Gasteiger partial charge in [-0.2, -0.15) is 0 Å². The zero-order valence-electron chi connectivity index (χ0n) is 33.3. The summed E-state index contributed by atoms with van der Waals surface area (Å²) >= 11 is 0. The molecular formula is C40H59N11O7. The number of fused-ring (bicyclic) bond motifs is 2. The van der Waals surface area contributed by atoms with Crippen LogP contribution in [-0.2, 0) is 40.0 Å². The molecule has 0 spiro atoms. The Hall–Kier alpha value is -5.68. The van der Waals surface area contributed by atoms with Crippen molar-refractivity contribution in [3.05, 3.63) is 36.0 Å². The molecule has 2 aromatic rings. The van der Waals surface area contributed by atoms with Crippen molar-refractivity contribution in [1.82, 2.24) is 41.8 Å². The fourth-order valence-electron chi connectivity index (χ4n) is 8.15. The number of amides is 7. The van der Waals surface area contributed by atoms with Gasteiger partial charge < -0.3 is 53.3 Å². The minimum absolute atomic E-state index is 0.0900. The summed E-state index contributed by atoms with van der Waals surface area (Å²) < 4.78 is 0. The molecule has 1 unspecified atom stereocenters. The molecule has 316 valence electrons. The number of benzene rings is 1. The first-order valence-corrected chi connectivity index (χ1v) is 20.5. The third-order valence-corrected chi connectivity index (χ3v) is 11.2. The SMILES string of the molecule is CC(=O)NCC(=O)NC1CCCNC(=O)[C@H](CCCN=C(N)N)NC(=O)[C@H](Cc2c[nH]c3ccccc23)NC(=O)[C@@H](CC2CCCCC2)NC(=O)[C@@H]2CCCN2C1=O. The first-order valence-electron chi connectivity index (χ1n) is 20.5. The van der Waals surface area contributed by atoms with Crippen LogP contribution in [0.2, 0.25) is 0 Å². The molecule has 1 saturated carbocycles. The van der Waals surface area contributed by atoms with Crippen LogP contribution < -0.4 is 43.4 Å². The summed E-state index contributed by atoms with van der Waals surface area (Å²) in [7, 11) is 0. The molecule has 2 aliphatic heterocycles. The summed E-state index contributed by atoms with van der Waals surface area (Å²) in [5, 5.41) is 17.6. The van der Waals surface area contributed by atoms with Gasteiger partial charge in [-0.1, -0.05) is 50.3 Å². The van der Waals surface area contributed by atoms with Crippen LogP contribution in [0.5, 0.6) is 0 Å². The number of H-pyrrole nitrogens is 1. The summed E-state index contributed by atoms with van der Waals surface area (Å²) in [4.78, 5) is 104. The molecule has 11 N–H and O–H groups in total. The smallest absolute Gasteiger partial charge is 0.245 e. The molecule has 5 rings (SSSR count). The number of hydrogen-bond acceptors (Lipinski definition) is 8. The van der Waals surface area contributed by atoms with E-state index in [1.54, 1.807) is 6.20 Å². The average molecular weight is 806 g/mol. The lowest BCUT2D eigenvalue weighted by Crippen LogP contribution is -2.60. The molecule has 3 aliphatic rings. The number of aromatic amines is 1. The van der Waals surface area contributed by atoms with Gasteiger partial charge in [-0.15, -0.1) is 0 Å². The molecule has 2 saturated heterocycles. The van der Waals surface area contributed by atoms with Gasteiger partial charge in [-0.05, 0) is 62.5 Å². The molecule has 0 radical (unpaired) electrons. The second-order valence-corrected chi connectivity index (χ2v) is 15.6. The van der Waals surface area contributed by atoms with E-state index in [9.17, 15) is 33.6 Å². The first-order chi connectivity index (χ1) is 27.9. The van der Waals surface area contributed by atoms with E-state index in [1.807, 2.05) is 24.3 Å². The van der Waals surface area contributed by atoms with Gasteiger partial charge in [0.15, 0.2) is 5.96 Å². The number of hydrogen-bond donors (Lipinski definition) is 9. The van der Waals surface area contributed by atoms with Gasteiger partial charge in [0.2, 0.25) is 41.4 Å². The van der Waals surface area contributed by atoms with E-state index in [0.29, 0.717) is 25.7 Å². The average Bonchev–Trinajstić information content (AvgIpc) is 3.86. The standard InChI is InChI=1S/C40H59N11O7/c1-24(52)45-23-34(53)47-30-15-8-17-43-35(54)29(14-7-18-44-40(41)42)48-37(56)32(21-26-22-46-28-13-6-5-12-27(26)28)49-36(55)31(20-25-10-3-2-4-11-25)50-38(57)33-16-9-19-51(33)39(30)58/h5-6,12-13,22,25,29-33,46H,2-4,7-11,14-21,23H2,1H3,(H,43,54)(H,45,52)(H,47,53)(H,48,56)(H,49,55)(H,50,57)(H4,41,42,44)/t29-,30?,31+,32-,33-/m0/s1. The van der Waals surface area contributed by atoms with E-state index in [0.717, 1.165) is 48.6 Å². The fraction of sp³-hybridized carbons (Fsp3) is 0.600. The Morgan fingerprint density at radius 3 is 2.33 bits per heavy atom. The van der Waals surface area contributed by atoms with Crippen molar-refractivity contribution in [3.63, 3.8) is 0 Å². The largest absolute Gasteiger partial charge is 0.370 e. The van der Waals surface area contributed by atoms with Gasteiger partial charge >= 0.3 is 0 Å². The highest BCUT2D eigenvalue weighted by atomic mass is 16.2. The van der Waals surface area contributed by atoms with E-state index in [4.69, 9.17) is 11.5 Å². The molecule has 1 aromatic heterocycles. The second-order valence-electron chi connectivity index (χ2n) is 15.6. The van der Waals surface area contributed by atoms with Crippen molar-refractivity contribution in [1.29, 1.82) is 0 Å². The van der Waals surface area contributed by atoms with Crippen LogP contribution in [0, 0.1) is 5.92 Å². The second kappa shape index (κ2) is 21.2. The molecular weight excluding hydrogens is 747 g/mol. The minimum Gasteiger partial charge on any atom is -0.370 e. The number of nitrogens with one attached hydrogen (secondary N) is 7. The monoisotopic (exact) mass is 805 g/mol. The van der Waals surface area contributed by atoms with Crippen molar-refractivity contribution >= 4 is 58.2 Å². The fourth-order valence-corrected chi connectivity index (χ4v) is 8.15. The predicted octanol–water partition coefficient (Wildman–Crippen LogP) is -0.289. The third-order valence-electron chi connectivity index (χ3n) is 11.2. The normalized spacial score (nSPS) is 24.3. The molecule has 1 aromatic carbocycles. The van der Waals surface area contributed by atoms with E-state index < -0.39 is 71.6 Å². The van der Waals surface area contributed by atoms with Crippen molar-refractivity contribution in [2.75, 3.05) is 26.2 Å². The topological polar surface area (TPSA) is 275 Å². The highest BCUT2D eigenvalue weighted by Gasteiger charge is 2.40. The molecule has 0 bridgehead atoms. The number of carbonyl (C=O) groups is 7. The number of nitrogens with zero attached hydrogens (tertiary/aromatic N) is 2. The molecule has 18 heteroatoms. The number of carbonyl (C=O) groups excluding carboxylic acids is 7. The Kier molecular flexibility index (Phi) is 15.9. The van der Waals surface area contributed by atoms with Crippen LogP contribution in [0.15, 0.2) is 35.5 Å². The molecule has 58 heavy (non-hydrogen) atoms. The third kappa shape index (κ3) is 12.4. The predicted molar refractivity (Wildman–Crippen MR) is 216 cm³/mol. The van der Waals surface area contributed by atoms with E-state index >= 15 is 0 Å². The van der Waals surface area contributed by atoms with Crippen molar-refractivity contribution in [3.8, 4) is 0 Å². The number of guanidine groups is 1. The van der Waals surface area contributed by atoms with Crippen molar-refractivity contribution in [2.45, 2.75) is 121 Å². The van der Waals surface area contributed by atoms with Crippen molar-refractivity contribution < 1.29 is 33.6 Å². The first kappa shape index (κ1) is 43.4. The molecule has 3 fully saturated rings. The van der Waals surface area contributed by atoms with E-state index in [1.165, 1.54) is 11.8 Å². The van der Waals surface area contributed by atoms with E-state index in [2.05, 4.69) is 41.9 Å². The molecule has 5 atom stereocenters. The molecule has 1 aliphatic carbocycles. The van der Waals surface area contributed by atoms with Crippen molar-refractivity contribution in [2.24, 2.45) is 22.4 Å². The van der Waals surface area contributed by atoms with Gasteiger partial charge in [0.25, 0.3) is 0 Å². The summed E-state index contributed by atoms with van der Waals surface area (Å²) in [5.74, 6) is -3.54. The maximum atomic E-state index is 14.4. The maximum Gasteiger partial charge on any atom is 0.245 e. The highest BCUT2D eigenvalue weighted by molar-refractivity contribution is 5.97. The van der Waals surface area contributed by atoms with Crippen LogP contribution >= 0.6 is 0 Å². The number of aromatic nitrogens is 1. The summed E-state index contributed by atoms with van der Waals surface area (Å²) in [6.45, 7) is 1.49. The maximum absolute atomic E-state index is 14.4. The number of aliphatic imine (C=N–C) groups is 1. The van der Waals surface area contributed by atoms with Gasteiger partial charge in [0.1, 0.15) is 30.2 Å². The zero-order chi connectivity index (χ0) is 41.6. The van der Waals surface area contributed by atoms with Gasteiger partial charge in [-0.3, -0.25) is 38.6 Å². The lowest BCUT2D eigenvalue weighted by atomic mass is 9.84. The Bertz CT molecular complexity index is 1820. The van der Waals surface area contributed by atoms with Crippen LogP contribution in [-0.4, -0.2) is 114 Å². The molecule has 3 heterocycles. The van der Waals surface area contributed by atoms with Crippen LogP contribution in [0.25, 0.3) is 10.9 Å².